The van der Waals surface area contributed by atoms with Crippen LogP contribution in [-0.2, 0) is 6.54 Å². The van der Waals surface area contributed by atoms with Crippen molar-refractivity contribution in [2.24, 2.45) is 17.6 Å². The number of nitrogens with two attached hydrogens (primary N) is 1. The van der Waals surface area contributed by atoms with E-state index >= 15 is 0 Å². The fourth-order valence-corrected chi connectivity index (χ4v) is 4.43. The Bertz CT molecular complexity index is 351. The summed E-state index contributed by atoms with van der Waals surface area (Å²) in [5, 5.41) is 2.16. The molecule has 0 aliphatic heterocycles. The van der Waals surface area contributed by atoms with E-state index in [4.69, 9.17) is 5.73 Å². The molecule has 2 N–H and O–H groups in total. The summed E-state index contributed by atoms with van der Waals surface area (Å²) in [4.78, 5) is 3.95. The zero-order chi connectivity index (χ0) is 13.2. The van der Waals surface area contributed by atoms with Crippen LogP contribution in [-0.4, -0.2) is 24.0 Å². The number of likely N-dealkylation sites (N-methyl/N-ethyl adjacent to an activating group) is 1. The normalized spacial score (nSPS) is 32.9. The Morgan fingerprint density at radius 3 is 2.56 bits per heavy atom. The molecule has 0 radical (unpaired) electrons. The molecule has 0 aromatic carbocycles. The summed E-state index contributed by atoms with van der Waals surface area (Å²) in [7, 11) is 2.25. The predicted octanol–water partition coefficient (Wildman–Crippen LogP) is 3.33. The topological polar surface area (TPSA) is 29.3 Å². The lowest BCUT2D eigenvalue weighted by Crippen LogP contribution is -2.55. The van der Waals surface area contributed by atoms with E-state index in [9.17, 15) is 0 Å². The van der Waals surface area contributed by atoms with Crippen LogP contribution in [0.1, 0.15) is 38.0 Å². The first-order chi connectivity index (χ1) is 8.55. The van der Waals surface area contributed by atoms with Crippen LogP contribution < -0.4 is 5.73 Å². The molecule has 1 heterocycles. The van der Waals surface area contributed by atoms with Crippen molar-refractivity contribution in [1.82, 2.24) is 4.90 Å². The van der Waals surface area contributed by atoms with E-state index in [1.807, 2.05) is 11.3 Å². The van der Waals surface area contributed by atoms with Crippen LogP contribution >= 0.6 is 11.3 Å². The number of rotatable bonds is 4. The average molecular weight is 266 g/mol. The largest absolute Gasteiger partial charge is 0.329 e. The summed E-state index contributed by atoms with van der Waals surface area (Å²) in [5.74, 6) is 1.59. The van der Waals surface area contributed by atoms with Crippen molar-refractivity contribution >= 4 is 11.3 Å². The number of hydrogen-bond acceptors (Lipinski definition) is 3. The van der Waals surface area contributed by atoms with Crippen molar-refractivity contribution in [2.45, 2.75) is 45.2 Å². The van der Waals surface area contributed by atoms with E-state index in [2.05, 4.69) is 43.3 Å². The summed E-state index contributed by atoms with van der Waals surface area (Å²) in [6.07, 6.45) is 3.85. The van der Waals surface area contributed by atoms with Crippen LogP contribution in [0.4, 0.5) is 0 Å². The van der Waals surface area contributed by atoms with Gasteiger partial charge in [0.1, 0.15) is 0 Å². The second-order valence-corrected chi connectivity index (χ2v) is 7.25. The van der Waals surface area contributed by atoms with Gasteiger partial charge in [-0.2, -0.15) is 0 Å². The second kappa shape index (κ2) is 5.72. The molecule has 2 unspecified atom stereocenters. The van der Waals surface area contributed by atoms with E-state index in [-0.39, 0.29) is 5.54 Å². The van der Waals surface area contributed by atoms with E-state index in [1.54, 1.807) is 0 Å². The first-order valence-electron chi connectivity index (χ1n) is 6.99. The minimum atomic E-state index is 0.209. The molecule has 18 heavy (non-hydrogen) atoms. The van der Waals surface area contributed by atoms with Crippen molar-refractivity contribution in [3.8, 4) is 0 Å². The van der Waals surface area contributed by atoms with Gasteiger partial charge < -0.3 is 5.73 Å². The molecule has 1 aliphatic carbocycles. The summed E-state index contributed by atoms with van der Waals surface area (Å²) >= 11 is 1.84. The number of nitrogens with zero attached hydrogens (tertiary/aromatic N) is 1. The van der Waals surface area contributed by atoms with Crippen molar-refractivity contribution in [1.29, 1.82) is 0 Å². The molecule has 1 aromatic rings. The molecule has 0 saturated heterocycles. The lowest BCUT2D eigenvalue weighted by Gasteiger charge is -2.48. The van der Waals surface area contributed by atoms with Crippen LogP contribution in [0.25, 0.3) is 0 Å². The minimum Gasteiger partial charge on any atom is -0.329 e. The van der Waals surface area contributed by atoms with Gasteiger partial charge in [-0.05, 0) is 49.6 Å². The fourth-order valence-electron chi connectivity index (χ4n) is 3.67. The highest BCUT2D eigenvalue weighted by Gasteiger charge is 2.39. The molecule has 0 spiro atoms. The molecule has 1 aromatic heterocycles. The molecular weight excluding hydrogens is 240 g/mol. The number of hydrogen-bond donors (Lipinski definition) is 1. The molecule has 1 saturated carbocycles. The minimum absolute atomic E-state index is 0.209. The summed E-state index contributed by atoms with van der Waals surface area (Å²) in [5.41, 5.74) is 6.36. The zero-order valence-corrected chi connectivity index (χ0v) is 12.7. The maximum absolute atomic E-state index is 6.15. The third-order valence-electron chi connectivity index (χ3n) is 4.42. The Morgan fingerprint density at radius 2 is 2.06 bits per heavy atom. The third kappa shape index (κ3) is 2.95. The lowest BCUT2D eigenvalue weighted by atomic mass is 9.71. The highest BCUT2D eigenvalue weighted by Crippen LogP contribution is 2.39. The van der Waals surface area contributed by atoms with Gasteiger partial charge in [-0.15, -0.1) is 11.3 Å². The summed E-state index contributed by atoms with van der Waals surface area (Å²) in [6.45, 7) is 6.57. The van der Waals surface area contributed by atoms with Gasteiger partial charge in [0.2, 0.25) is 0 Å². The van der Waals surface area contributed by atoms with Gasteiger partial charge in [-0.25, -0.2) is 0 Å². The van der Waals surface area contributed by atoms with Gasteiger partial charge in [-0.3, -0.25) is 4.90 Å². The lowest BCUT2D eigenvalue weighted by molar-refractivity contribution is 0.0340. The van der Waals surface area contributed by atoms with Gasteiger partial charge in [0.15, 0.2) is 0 Å². The van der Waals surface area contributed by atoms with Crippen molar-refractivity contribution in [2.75, 3.05) is 13.6 Å². The van der Waals surface area contributed by atoms with Gasteiger partial charge in [0, 0.05) is 23.5 Å². The molecule has 0 bridgehead atoms. The Balaban J connectivity index is 2.10. The van der Waals surface area contributed by atoms with Crippen molar-refractivity contribution < 1.29 is 0 Å². The molecule has 2 atom stereocenters. The first kappa shape index (κ1) is 14.0. The van der Waals surface area contributed by atoms with Crippen LogP contribution in [0.5, 0.6) is 0 Å². The molecule has 3 heteroatoms. The van der Waals surface area contributed by atoms with E-state index in [0.717, 1.165) is 24.9 Å². The first-order valence-corrected chi connectivity index (χ1v) is 7.87. The molecule has 102 valence electrons. The molecular formula is C15H26N2S. The van der Waals surface area contributed by atoms with Crippen LogP contribution in [0, 0.1) is 11.8 Å². The summed E-state index contributed by atoms with van der Waals surface area (Å²) < 4.78 is 0. The standard InChI is InChI=1S/C15H26N2S/c1-12-7-13(2)9-15(8-12,11-16)17(3)10-14-5-4-6-18-14/h4-6,12-13H,7-11,16H2,1-3H3. The van der Waals surface area contributed by atoms with Crippen molar-refractivity contribution in [3.63, 3.8) is 0 Å². The smallest absolute Gasteiger partial charge is 0.0337 e. The number of thiophene rings is 1. The maximum atomic E-state index is 6.15. The van der Waals surface area contributed by atoms with Gasteiger partial charge in [0.25, 0.3) is 0 Å². The van der Waals surface area contributed by atoms with Crippen LogP contribution in [0.2, 0.25) is 0 Å². The Morgan fingerprint density at radius 1 is 1.39 bits per heavy atom. The van der Waals surface area contributed by atoms with E-state index < -0.39 is 0 Å². The SMILES string of the molecule is CC1CC(C)CC(CN)(N(C)Cc2cccs2)C1. The quantitative estimate of drug-likeness (QED) is 0.905. The van der Waals surface area contributed by atoms with Gasteiger partial charge >= 0.3 is 0 Å². The zero-order valence-electron chi connectivity index (χ0n) is 11.9. The molecule has 1 aliphatic rings. The average Bonchev–Trinajstić information content (AvgIpc) is 2.80. The Labute approximate surface area is 115 Å². The highest BCUT2D eigenvalue weighted by atomic mass is 32.1. The molecule has 1 fully saturated rings. The third-order valence-corrected chi connectivity index (χ3v) is 5.29. The Hall–Kier alpha value is -0.380. The van der Waals surface area contributed by atoms with Gasteiger partial charge in [-0.1, -0.05) is 19.9 Å². The van der Waals surface area contributed by atoms with Gasteiger partial charge in [0.05, 0.1) is 0 Å². The van der Waals surface area contributed by atoms with Crippen molar-refractivity contribution in [3.05, 3.63) is 22.4 Å². The van der Waals surface area contributed by atoms with E-state index in [1.165, 1.54) is 24.1 Å². The van der Waals surface area contributed by atoms with Crippen LogP contribution in [0.3, 0.4) is 0 Å². The molecule has 0 amide bonds. The molecule has 2 nitrogen and oxygen atoms in total. The van der Waals surface area contributed by atoms with Crippen LogP contribution in [0.15, 0.2) is 17.5 Å². The maximum Gasteiger partial charge on any atom is 0.0337 e. The predicted molar refractivity (Wildman–Crippen MR) is 79.8 cm³/mol. The summed E-state index contributed by atoms with van der Waals surface area (Å²) in [6, 6.07) is 4.36. The highest BCUT2D eigenvalue weighted by molar-refractivity contribution is 7.09. The fraction of sp³-hybridized carbons (Fsp3) is 0.733. The monoisotopic (exact) mass is 266 g/mol. The van der Waals surface area contributed by atoms with E-state index in [0.29, 0.717) is 0 Å². The second-order valence-electron chi connectivity index (χ2n) is 6.22. The molecule has 2 rings (SSSR count). The Kier molecular flexibility index (Phi) is 4.46.